The summed E-state index contributed by atoms with van der Waals surface area (Å²) in [5.41, 5.74) is 0.644. The van der Waals surface area contributed by atoms with Crippen molar-refractivity contribution in [1.29, 1.82) is 0 Å². The number of para-hydroxylation sites is 1. The molecule has 0 saturated carbocycles. The van der Waals surface area contributed by atoms with Gasteiger partial charge in [0.25, 0.3) is 5.89 Å². The van der Waals surface area contributed by atoms with E-state index in [4.69, 9.17) is 14.0 Å². The molecule has 0 spiro atoms. The second kappa shape index (κ2) is 7.99. The molecule has 146 valence electrons. The molecule has 0 unspecified atom stereocenters. The quantitative estimate of drug-likeness (QED) is 0.584. The fraction of sp³-hybridized carbons (Fsp3) is 0.167. The number of nitrogens with zero attached hydrogens (tertiary/aromatic N) is 2. The SMILES string of the molecule is COc1ccccc1-c1noc(COC(=O)c2ccc(OC(F)(F)F)cc2)n1. The van der Waals surface area contributed by atoms with Gasteiger partial charge in [-0.05, 0) is 36.4 Å². The third-order valence-corrected chi connectivity index (χ3v) is 3.47. The molecule has 0 atom stereocenters. The molecule has 0 aliphatic carbocycles. The van der Waals surface area contributed by atoms with Crippen molar-refractivity contribution >= 4 is 5.97 Å². The molecule has 10 heteroatoms. The number of ether oxygens (including phenoxy) is 3. The minimum atomic E-state index is -4.81. The summed E-state index contributed by atoms with van der Waals surface area (Å²) in [4.78, 5) is 16.1. The topological polar surface area (TPSA) is 83.7 Å². The van der Waals surface area contributed by atoms with Crippen LogP contribution in [-0.4, -0.2) is 29.6 Å². The van der Waals surface area contributed by atoms with Crippen LogP contribution in [0.2, 0.25) is 0 Å². The van der Waals surface area contributed by atoms with Crippen LogP contribution in [0.5, 0.6) is 11.5 Å². The molecule has 0 radical (unpaired) electrons. The Kier molecular flexibility index (Phi) is 5.48. The number of aromatic nitrogens is 2. The van der Waals surface area contributed by atoms with E-state index in [2.05, 4.69) is 14.9 Å². The lowest BCUT2D eigenvalue weighted by molar-refractivity contribution is -0.274. The molecule has 3 aromatic rings. The van der Waals surface area contributed by atoms with E-state index in [0.717, 1.165) is 24.3 Å². The first kappa shape index (κ1) is 19.2. The van der Waals surface area contributed by atoms with Crippen LogP contribution in [0, 0.1) is 0 Å². The highest BCUT2D eigenvalue weighted by atomic mass is 19.4. The summed E-state index contributed by atoms with van der Waals surface area (Å²) in [7, 11) is 1.51. The largest absolute Gasteiger partial charge is 0.573 e. The third kappa shape index (κ3) is 4.78. The van der Waals surface area contributed by atoms with Crippen LogP contribution < -0.4 is 9.47 Å². The van der Waals surface area contributed by atoms with Gasteiger partial charge >= 0.3 is 12.3 Å². The molecule has 1 aromatic heterocycles. The Morgan fingerprint density at radius 3 is 2.50 bits per heavy atom. The van der Waals surface area contributed by atoms with E-state index in [1.165, 1.54) is 7.11 Å². The van der Waals surface area contributed by atoms with Crippen LogP contribution in [0.25, 0.3) is 11.4 Å². The lowest BCUT2D eigenvalue weighted by atomic mass is 10.2. The molecule has 0 bridgehead atoms. The first-order valence-electron chi connectivity index (χ1n) is 7.84. The molecular formula is C18H13F3N2O5. The zero-order valence-corrected chi connectivity index (χ0v) is 14.4. The maximum absolute atomic E-state index is 12.1. The van der Waals surface area contributed by atoms with E-state index < -0.39 is 18.1 Å². The van der Waals surface area contributed by atoms with Crippen molar-refractivity contribution in [3.05, 3.63) is 60.0 Å². The van der Waals surface area contributed by atoms with Gasteiger partial charge in [-0.15, -0.1) is 13.2 Å². The lowest BCUT2D eigenvalue weighted by Crippen LogP contribution is -2.17. The Hall–Kier alpha value is -3.56. The molecule has 28 heavy (non-hydrogen) atoms. The summed E-state index contributed by atoms with van der Waals surface area (Å²) < 4.78 is 55.4. The van der Waals surface area contributed by atoms with Crippen molar-refractivity contribution in [1.82, 2.24) is 10.1 Å². The van der Waals surface area contributed by atoms with Gasteiger partial charge in [-0.25, -0.2) is 4.79 Å². The van der Waals surface area contributed by atoms with Crippen molar-refractivity contribution in [2.24, 2.45) is 0 Å². The molecule has 0 N–H and O–H groups in total. The maximum atomic E-state index is 12.1. The van der Waals surface area contributed by atoms with Gasteiger partial charge in [0.2, 0.25) is 5.82 Å². The van der Waals surface area contributed by atoms with Gasteiger partial charge in [-0.1, -0.05) is 17.3 Å². The summed E-state index contributed by atoms with van der Waals surface area (Å²) >= 11 is 0. The van der Waals surface area contributed by atoms with E-state index in [-0.39, 0.29) is 23.9 Å². The van der Waals surface area contributed by atoms with E-state index in [9.17, 15) is 18.0 Å². The first-order chi connectivity index (χ1) is 13.4. The van der Waals surface area contributed by atoms with Crippen LogP contribution in [0.15, 0.2) is 53.1 Å². The number of alkyl halides is 3. The molecule has 0 saturated heterocycles. The highest BCUT2D eigenvalue weighted by Crippen LogP contribution is 2.27. The highest BCUT2D eigenvalue weighted by Gasteiger charge is 2.31. The lowest BCUT2D eigenvalue weighted by Gasteiger charge is -2.08. The minimum Gasteiger partial charge on any atom is -0.496 e. The average Bonchev–Trinajstić information content (AvgIpc) is 3.14. The van der Waals surface area contributed by atoms with Crippen LogP contribution in [0.3, 0.4) is 0 Å². The second-order valence-corrected chi connectivity index (χ2v) is 5.36. The number of methoxy groups -OCH3 is 1. The van der Waals surface area contributed by atoms with Crippen molar-refractivity contribution in [3.63, 3.8) is 0 Å². The van der Waals surface area contributed by atoms with Crippen molar-refractivity contribution in [3.8, 4) is 22.9 Å². The number of carbonyl (C=O) groups excluding carboxylic acids is 1. The molecule has 0 aliphatic heterocycles. The summed E-state index contributed by atoms with van der Waals surface area (Å²) in [5, 5.41) is 3.81. The predicted octanol–water partition coefficient (Wildman–Crippen LogP) is 4.00. The molecular weight excluding hydrogens is 381 g/mol. The summed E-state index contributed by atoms with van der Waals surface area (Å²) in [6.07, 6.45) is -4.81. The predicted molar refractivity (Wildman–Crippen MR) is 88.5 cm³/mol. The highest BCUT2D eigenvalue weighted by molar-refractivity contribution is 5.89. The maximum Gasteiger partial charge on any atom is 0.573 e. The molecule has 7 nitrogen and oxygen atoms in total. The third-order valence-electron chi connectivity index (χ3n) is 3.47. The Balaban J connectivity index is 1.62. The fourth-order valence-corrected chi connectivity index (χ4v) is 2.26. The van der Waals surface area contributed by atoms with Gasteiger partial charge < -0.3 is 18.7 Å². The van der Waals surface area contributed by atoms with Crippen LogP contribution >= 0.6 is 0 Å². The number of benzene rings is 2. The fourth-order valence-electron chi connectivity index (χ4n) is 2.26. The molecule has 0 aliphatic rings. The average molecular weight is 394 g/mol. The molecule has 1 heterocycles. The Morgan fingerprint density at radius 2 is 1.82 bits per heavy atom. The molecule has 0 fully saturated rings. The molecule has 0 amide bonds. The number of carbonyl (C=O) groups is 1. The van der Waals surface area contributed by atoms with Gasteiger partial charge in [0.15, 0.2) is 6.61 Å². The minimum absolute atomic E-state index is 0.0407. The van der Waals surface area contributed by atoms with E-state index in [1.54, 1.807) is 24.3 Å². The Morgan fingerprint density at radius 1 is 1.11 bits per heavy atom. The van der Waals surface area contributed by atoms with Crippen LogP contribution in [-0.2, 0) is 11.3 Å². The van der Waals surface area contributed by atoms with Crippen LogP contribution in [0.4, 0.5) is 13.2 Å². The van der Waals surface area contributed by atoms with Gasteiger partial charge in [0.1, 0.15) is 11.5 Å². The number of rotatable bonds is 6. The summed E-state index contributed by atoms with van der Waals surface area (Å²) in [5.74, 6) is -0.352. The number of halogens is 3. The van der Waals surface area contributed by atoms with Gasteiger partial charge in [0, 0.05) is 0 Å². The number of hydrogen-bond donors (Lipinski definition) is 0. The van der Waals surface area contributed by atoms with Gasteiger partial charge in [-0.2, -0.15) is 4.98 Å². The first-order valence-corrected chi connectivity index (χ1v) is 7.84. The van der Waals surface area contributed by atoms with Gasteiger partial charge in [0.05, 0.1) is 18.2 Å². The Bertz CT molecular complexity index is 954. The Labute approximate surface area is 156 Å². The van der Waals surface area contributed by atoms with Crippen molar-refractivity contribution in [2.45, 2.75) is 13.0 Å². The van der Waals surface area contributed by atoms with Crippen molar-refractivity contribution < 1.29 is 36.7 Å². The van der Waals surface area contributed by atoms with Crippen molar-refractivity contribution in [2.75, 3.05) is 7.11 Å². The zero-order chi connectivity index (χ0) is 20.1. The summed E-state index contributed by atoms with van der Waals surface area (Å²) in [6.45, 7) is -0.304. The molecule has 3 rings (SSSR count). The standard InChI is InChI=1S/C18H13F3N2O5/c1-25-14-5-3-2-4-13(14)16-22-15(28-23-16)10-26-17(24)11-6-8-12(9-7-11)27-18(19,20)21/h2-9H,10H2,1H3. The number of esters is 1. The number of hydrogen-bond acceptors (Lipinski definition) is 7. The molecule has 2 aromatic carbocycles. The monoisotopic (exact) mass is 394 g/mol. The van der Waals surface area contributed by atoms with Gasteiger partial charge in [-0.3, -0.25) is 0 Å². The second-order valence-electron chi connectivity index (χ2n) is 5.36. The summed E-state index contributed by atoms with van der Waals surface area (Å²) in [6, 6.07) is 11.4. The van der Waals surface area contributed by atoms with Crippen LogP contribution in [0.1, 0.15) is 16.2 Å². The zero-order valence-electron chi connectivity index (χ0n) is 14.4. The van der Waals surface area contributed by atoms with E-state index in [0.29, 0.717) is 11.3 Å². The normalized spacial score (nSPS) is 11.1. The smallest absolute Gasteiger partial charge is 0.496 e. The van der Waals surface area contributed by atoms with E-state index >= 15 is 0 Å². The van der Waals surface area contributed by atoms with E-state index in [1.807, 2.05) is 0 Å².